The highest BCUT2D eigenvalue weighted by Gasteiger charge is 2.05. The highest BCUT2D eigenvalue weighted by Crippen LogP contribution is 2.10. The fourth-order valence-corrected chi connectivity index (χ4v) is 0.770. The number of hydrogen-bond acceptors (Lipinski definition) is 2. The van der Waals surface area contributed by atoms with E-state index in [0.717, 1.165) is 17.0 Å². The van der Waals surface area contributed by atoms with Crippen LogP contribution < -0.4 is 0 Å². The summed E-state index contributed by atoms with van der Waals surface area (Å²) in [6, 6.07) is 0. The maximum Gasteiger partial charge on any atom is 0.0859 e. The molecule has 11 heavy (non-hydrogen) atoms. The summed E-state index contributed by atoms with van der Waals surface area (Å²) >= 11 is 0. The lowest BCUT2D eigenvalue weighted by Gasteiger charge is -2.18. The molecule has 0 spiro atoms. The van der Waals surface area contributed by atoms with Crippen molar-refractivity contribution in [1.29, 1.82) is 0 Å². The third-order valence-electron chi connectivity index (χ3n) is 1.54. The third kappa shape index (κ3) is 1.58. The molecule has 0 unspecified atom stereocenters. The second-order valence-electron chi connectivity index (χ2n) is 2.61. The Bertz CT molecular complexity index is 259. The van der Waals surface area contributed by atoms with Crippen molar-refractivity contribution in [1.82, 2.24) is 5.01 Å². The molecular weight excluding hydrogens is 136 g/mol. The highest BCUT2D eigenvalue weighted by molar-refractivity contribution is 6.08. The van der Waals surface area contributed by atoms with Crippen LogP contribution in [0.25, 0.3) is 0 Å². The molecule has 2 nitrogen and oxygen atoms in total. The van der Waals surface area contributed by atoms with Crippen LogP contribution in [-0.2, 0) is 0 Å². The molecule has 0 aromatic carbocycles. The van der Waals surface area contributed by atoms with Gasteiger partial charge in [-0.25, -0.2) is 0 Å². The summed E-state index contributed by atoms with van der Waals surface area (Å²) in [5.41, 5.74) is 2.79. The van der Waals surface area contributed by atoms with Gasteiger partial charge in [-0.1, -0.05) is 13.2 Å². The number of rotatable bonds is 1. The van der Waals surface area contributed by atoms with Crippen LogP contribution in [0.5, 0.6) is 0 Å². The molecule has 1 aliphatic rings. The smallest absolute Gasteiger partial charge is 0.0859 e. The largest absolute Gasteiger partial charge is 0.269 e. The Morgan fingerprint density at radius 3 is 2.64 bits per heavy atom. The highest BCUT2D eigenvalue weighted by atomic mass is 15.4. The van der Waals surface area contributed by atoms with Gasteiger partial charge in [-0.05, 0) is 24.6 Å². The lowest BCUT2D eigenvalue weighted by Crippen LogP contribution is -2.15. The lowest BCUT2D eigenvalue weighted by atomic mass is 10.2. The first kappa shape index (κ1) is 7.79. The summed E-state index contributed by atoms with van der Waals surface area (Å²) in [4.78, 5) is 0. The van der Waals surface area contributed by atoms with Crippen molar-refractivity contribution in [2.45, 2.75) is 6.92 Å². The van der Waals surface area contributed by atoms with E-state index in [2.05, 4.69) is 18.3 Å². The Morgan fingerprint density at radius 1 is 1.55 bits per heavy atom. The van der Waals surface area contributed by atoms with Crippen molar-refractivity contribution in [3.05, 3.63) is 36.6 Å². The first-order valence-electron chi connectivity index (χ1n) is 3.46. The van der Waals surface area contributed by atoms with Gasteiger partial charge in [0.1, 0.15) is 0 Å². The maximum absolute atomic E-state index is 4.23. The van der Waals surface area contributed by atoms with Crippen LogP contribution in [0.2, 0.25) is 0 Å². The molecule has 0 fully saturated rings. The van der Waals surface area contributed by atoms with Gasteiger partial charge in [0.2, 0.25) is 0 Å². The Labute approximate surface area is 67.2 Å². The van der Waals surface area contributed by atoms with Crippen LogP contribution in [0.1, 0.15) is 6.92 Å². The van der Waals surface area contributed by atoms with Gasteiger partial charge in [-0.3, -0.25) is 5.01 Å². The predicted octanol–water partition coefficient (Wildman–Crippen LogP) is 1.93. The van der Waals surface area contributed by atoms with Crippen LogP contribution >= 0.6 is 0 Å². The zero-order chi connectivity index (χ0) is 8.43. The van der Waals surface area contributed by atoms with Gasteiger partial charge in [-0.2, -0.15) is 5.10 Å². The van der Waals surface area contributed by atoms with Crippen molar-refractivity contribution in [2.24, 2.45) is 5.10 Å². The van der Waals surface area contributed by atoms with E-state index in [9.17, 15) is 0 Å². The molecule has 1 rings (SSSR count). The van der Waals surface area contributed by atoms with E-state index in [1.54, 1.807) is 5.01 Å². The molecule has 58 valence electrons. The average molecular weight is 148 g/mol. The van der Waals surface area contributed by atoms with Crippen LogP contribution in [0.4, 0.5) is 0 Å². The molecule has 0 bridgehead atoms. The molecule has 0 radical (unpaired) electrons. The number of hydrogen-bond donors (Lipinski definition) is 0. The Morgan fingerprint density at radius 2 is 2.18 bits per heavy atom. The minimum Gasteiger partial charge on any atom is -0.269 e. The normalized spacial score (nSPS) is 16.7. The van der Waals surface area contributed by atoms with Gasteiger partial charge in [0, 0.05) is 7.05 Å². The van der Waals surface area contributed by atoms with Gasteiger partial charge in [0.25, 0.3) is 0 Å². The summed E-state index contributed by atoms with van der Waals surface area (Å²) in [6.07, 6.45) is 3.85. The molecule has 0 aromatic rings. The fourth-order valence-electron chi connectivity index (χ4n) is 0.770. The molecular formula is C9H12N2. The number of likely N-dealkylation sites (N-methyl/N-ethyl adjacent to an activating group) is 1. The molecule has 2 heteroatoms. The molecule has 1 aliphatic heterocycles. The minimum atomic E-state index is 0.898. The molecule has 0 amide bonds. The first-order chi connectivity index (χ1) is 5.11. The van der Waals surface area contributed by atoms with E-state index in [1.165, 1.54) is 0 Å². The van der Waals surface area contributed by atoms with Gasteiger partial charge in [0.05, 0.1) is 11.4 Å². The molecule has 1 heterocycles. The molecule has 0 atom stereocenters. The Balaban J connectivity index is 2.88. The second kappa shape index (κ2) is 2.74. The SMILES string of the molecule is C=C(C)C1=NN(C)C(=C)C=C1. The van der Waals surface area contributed by atoms with Crippen molar-refractivity contribution in [3.63, 3.8) is 0 Å². The predicted molar refractivity (Wildman–Crippen MR) is 48.3 cm³/mol. The first-order valence-corrected chi connectivity index (χ1v) is 3.46. The van der Waals surface area contributed by atoms with Crippen LogP contribution in [-0.4, -0.2) is 17.8 Å². The van der Waals surface area contributed by atoms with E-state index in [-0.39, 0.29) is 0 Å². The summed E-state index contributed by atoms with van der Waals surface area (Å²) in [6.45, 7) is 9.53. The molecule has 0 saturated carbocycles. The molecule has 0 aliphatic carbocycles. The zero-order valence-electron chi connectivity index (χ0n) is 6.96. The van der Waals surface area contributed by atoms with Gasteiger partial charge < -0.3 is 0 Å². The van der Waals surface area contributed by atoms with Crippen molar-refractivity contribution in [3.8, 4) is 0 Å². The number of allylic oxidation sites excluding steroid dienone is 3. The summed E-state index contributed by atoms with van der Waals surface area (Å²) < 4.78 is 0. The summed E-state index contributed by atoms with van der Waals surface area (Å²) in [5, 5.41) is 5.97. The molecule has 0 N–H and O–H groups in total. The maximum atomic E-state index is 4.23. The van der Waals surface area contributed by atoms with Crippen molar-refractivity contribution < 1.29 is 0 Å². The number of hydrazone groups is 1. The van der Waals surface area contributed by atoms with Crippen LogP contribution in [0, 0.1) is 0 Å². The average Bonchev–Trinajstić information content (AvgIpc) is 1.94. The Kier molecular flexibility index (Phi) is 1.94. The van der Waals surface area contributed by atoms with E-state index in [1.807, 2.05) is 26.1 Å². The van der Waals surface area contributed by atoms with E-state index < -0.39 is 0 Å². The van der Waals surface area contributed by atoms with Gasteiger partial charge >= 0.3 is 0 Å². The lowest BCUT2D eigenvalue weighted by molar-refractivity contribution is 0.460. The van der Waals surface area contributed by atoms with Gasteiger partial charge in [-0.15, -0.1) is 0 Å². The van der Waals surface area contributed by atoms with Gasteiger partial charge in [0.15, 0.2) is 0 Å². The van der Waals surface area contributed by atoms with Crippen molar-refractivity contribution >= 4 is 5.71 Å². The fraction of sp³-hybridized carbons (Fsp3) is 0.222. The standard InChI is InChI=1S/C9H12N2/c1-7(2)9-6-5-8(3)11(4)10-9/h5-6H,1,3H2,2,4H3. The van der Waals surface area contributed by atoms with Crippen molar-refractivity contribution in [2.75, 3.05) is 7.05 Å². The third-order valence-corrected chi connectivity index (χ3v) is 1.54. The zero-order valence-corrected chi connectivity index (χ0v) is 6.96. The summed E-state index contributed by atoms with van der Waals surface area (Å²) in [7, 11) is 1.87. The van der Waals surface area contributed by atoms with E-state index >= 15 is 0 Å². The monoisotopic (exact) mass is 148 g/mol. The van der Waals surface area contributed by atoms with E-state index in [0.29, 0.717) is 0 Å². The topological polar surface area (TPSA) is 15.6 Å². The van der Waals surface area contributed by atoms with Crippen LogP contribution in [0.15, 0.2) is 41.7 Å². The minimum absolute atomic E-state index is 0.898. The van der Waals surface area contributed by atoms with E-state index in [4.69, 9.17) is 0 Å². The molecule has 0 aromatic heterocycles. The second-order valence-corrected chi connectivity index (χ2v) is 2.61. The summed E-state index contributed by atoms with van der Waals surface area (Å²) in [5.74, 6) is 0. The van der Waals surface area contributed by atoms with Crippen LogP contribution in [0.3, 0.4) is 0 Å². The quantitative estimate of drug-likeness (QED) is 0.554. The Hall–Kier alpha value is -1.31. The molecule has 0 saturated heterocycles. The number of nitrogens with zero attached hydrogens (tertiary/aromatic N) is 2.